The molecule has 0 saturated heterocycles. The maximum Gasteiger partial charge on any atom is 0.264 e. The molecule has 0 bridgehead atoms. The highest BCUT2D eigenvalue weighted by atomic mass is 79.9. The van der Waals surface area contributed by atoms with Crippen molar-refractivity contribution in [1.82, 2.24) is 9.97 Å². The highest BCUT2D eigenvalue weighted by molar-refractivity contribution is 9.10. The van der Waals surface area contributed by atoms with Gasteiger partial charge < -0.3 is 0 Å². The molecule has 0 atom stereocenters. The van der Waals surface area contributed by atoms with Gasteiger partial charge in [0.1, 0.15) is 10.7 Å². The Bertz CT molecular complexity index is 656. The first-order chi connectivity index (χ1) is 8.47. The maximum atomic E-state index is 12.0. The molecule has 0 unspecified atom stereocenters. The second-order valence-corrected chi connectivity index (χ2v) is 6.26. The third-order valence-electron chi connectivity index (χ3n) is 2.14. The van der Waals surface area contributed by atoms with Gasteiger partial charge in [-0.2, -0.15) is 0 Å². The molecule has 5 nitrogen and oxygen atoms in total. The van der Waals surface area contributed by atoms with E-state index in [0.29, 0.717) is 4.47 Å². The predicted octanol–water partition coefficient (Wildman–Crippen LogP) is 2.35. The molecule has 0 aliphatic rings. The molecule has 0 saturated carbocycles. The van der Waals surface area contributed by atoms with Crippen LogP contribution < -0.4 is 4.72 Å². The zero-order valence-electron chi connectivity index (χ0n) is 9.46. The number of anilines is 1. The smallest absolute Gasteiger partial charge is 0.263 e. The number of rotatable bonds is 3. The lowest BCUT2D eigenvalue weighted by Crippen LogP contribution is -2.14. The molecule has 2 aromatic heterocycles. The molecule has 0 aliphatic heterocycles. The largest absolute Gasteiger partial charge is 0.264 e. The fourth-order valence-corrected chi connectivity index (χ4v) is 2.78. The Labute approximate surface area is 113 Å². The van der Waals surface area contributed by atoms with Crippen molar-refractivity contribution in [3.05, 3.63) is 46.8 Å². The van der Waals surface area contributed by atoms with Crippen molar-refractivity contribution in [1.29, 1.82) is 0 Å². The summed E-state index contributed by atoms with van der Waals surface area (Å²) in [6.45, 7) is 1.88. The van der Waals surface area contributed by atoms with E-state index in [1.807, 2.05) is 6.92 Å². The van der Waals surface area contributed by atoms with Gasteiger partial charge in [-0.1, -0.05) is 6.07 Å². The predicted molar refractivity (Wildman–Crippen MR) is 71.7 cm³/mol. The molecular formula is C11H10BrN3O2S. The average molecular weight is 328 g/mol. The lowest BCUT2D eigenvalue weighted by atomic mass is 10.3. The number of sulfonamides is 1. The van der Waals surface area contributed by atoms with Gasteiger partial charge in [0.15, 0.2) is 0 Å². The number of nitrogens with one attached hydrogen (secondary N) is 1. The number of hydrogen-bond donors (Lipinski definition) is 1. The lowest BCUT2D eigenvalue weighted by Gasteiger charge is -2.07. The van der Waals surface area contributed by atoms with Gasteiger partial charge in [0.05, 0.1) is 0 Å². The number of aromatic nitrogens is 2. The van der Waals surface area contributed by atoms with Gasteiger partial charge in [-0.05, 0) is 40.5 Å². The SMILES string of the molecule is Cc1ccc(NS(=O)(=O)c2cncc(Br)c2)nc1. The number of aryl methyl sites for hydroxylation is 1. The third-order valence-corrected chi connectivity index (χ3v) is 3.90. The van der Waals surface area contributed by atoms with Crippen LogP contribution in [0.2, 0.25) is 0 Å². The molecule has 1 N–H and O–H groups in total. The number of hydrogen-bond acceptors (Lipinski definition) is 4. The molecule has 0 spiro atoms. The minimum atomic E-state index is -3.65. The van der Waals surface area contributed by atoms with E-state index in [1.54, 1.807) is 18.3 Å². The highest BCUT2D eigenvalue weighted by Crippen LogP contribution is 2.17. The fourth-order valence-electron chi connectivity index (χ4n) is 1.26. The van der Waals surface area contributed by atoms with E-state index < -0.39 is 10.0 Å². The summed E-state index contributed by atoms with van der Waals surface area (Å²) in [5, 5.41) is 0. The lowest BCUT2D eigenvalue weighted by molar-refractivity contribution is 0.600. The number of nitrogens with zero attached hydrogens (tertiary/aromatic N) is 2. The van der Waals surface area contributed by atoms with Crippen molar-refractivity contribution in [3.8, 4) is 0 Å². The number of halogens is 1. The van der Waals surface area contributed by atoms with Gasteiger partial charge in [-0.3, -0.25) is 9.71 Å². The Kier molecular flexibility index (Phi) is 3.63. The fraction of sp³-hybridized carbons (Fsp3) is 0.0909. The van der Waals surface area contributed by atoms with Crippen LogP contribution in [0.5, 0.6) is 0 Å². The molecule has 2 rings (SSSR count). The van der Waals surface area contributed by atoms with Gasteiger partial charge >= 0.3 is 0 Å². The Hall–Kier alpha value is -1.47. The summed E-state index contributed by atoms with van der Waals surface area (Å²) in [5.74, 6) is 0.278. The van der Waals surface area contributed by atoms with Gasteiger partial charge in [0.2, 0.25) is 0 Å². The highest BCUT2D eigenvalue weighted by Gasteiger charge is 2.15. The van der Waals surface area contributed by atoms with Gasteiger partial charge in [-0.25, -0.2) is 13.4 Å². The molecule has 2 aromatic rings. The molecule has 0 aliphatic carbocycles. The first kappa shape index (κ1) is 13.0. The van der Waals surface area contributed by atoms with E-state index in [1.165, 1.54) is 18.5 Å². The van der Waals surface area contributed by atoms with Crippen LogP contribution in [0.25, 0.3) is 0 Å². The Morgan fingerprint density at radius 1 is 1.22 bits per heavy atom. The molecule has 18 heavy (non-hydrogen) atoms. The van der Waals surface area contributed by atoms with Gasteiger partial charge in [0.25, 0.3) is 10.0 Å². The first-order valence-corrected chi connectivity index (χ1v) is 7.31. The second-order valence-electron chi connectivity index (χ2n) is 3.67. The van der Waals surface area contributed by atoms with E-state index in [-0.39, 0.29) is 10.7 Å². The van der Waals surface area contributed by atoms with Crippen LogP contribution in [0.1, 0.15) is 5.56 Å². The third kappa shape index (κ3) is 3.05. The van der Waals surface area contributed by atoms with Crippen LogP contribution >= 0.6 is 15.9 Å². The van der Waals surface area contributed by atoms with Crippen molar-refractivity contribution in [2.45, 2.75) is 11.8 Å². The van der Waals surface area contributed by atoms with Crippen molar-refractivity contribution >= 4 is 31.8 Å². The summed E-state index contributed by atoms with van der Waals surface area (Å²) in [6, 6.07) is 4.87. The molecule has 0 amide bonds. The Morgan fingerprint density at radius 3 is 2.61 bits per heavy atom. The summed E-state index contributed by atoms with van der Waals surface area (Å²) in [6.07, 6.45) is 4.39. The van der Waals surface area contributed by atoms with Crippen LogP contribution in [-0.4, -0.2) is 18.4 Å². The number of pyridine rings is 2. The van der Waals surface area contributed by atoms with E-state index in [4.69, 9.17) is 0 Å². The van der Waals surface area contributed by atoms with Crippen molar-refractivity contribution < 1.29 is 8.42 Å². The summed E-state index contributed by atoms with van der Waals surface area (Å²) in [5.41, 5.74) is 0.960. The van der Waals surface area contributed by atoms with Crippen molar-refractivity contribution in [3.63, 3.8) is 0 Å². The molecule has 2 heterocycles. The summed E-state index contributed by atoms with van der Waals surface area (Å²) < 4.78 is 27.0. The first-order valence-electron chi connectivity index (χ1n) is 5.03. The van der Waals surface area contributed by atoms with Crippen molar-refractivity contribution in [2.24, 2.45) is 0 Å². The van der Waals surface area contributed by atoms with E-state index >= 15 is 0 Å². The van der Waals surface area contributed by atoms with E-state index in [9.17, 15) is 8.42 Å². The Morgan fingerprint density at radius 2 is 2.00 bits per heavy atom. The quantitative estimate of drug-likeness (QED) is 0.939. The molecule has 7 heteroatoms. The van der Waals surface area contributed by atoms with Crippen LogP contribution in [0, 0.1) is 6.92 Å². The topological polar surface area (TPSA) is 72.0 Å². The van der Waals surface area contributed by atoms with E-state index in [0.717, 1.165) is 5.56 Å². The molecule has 0 fully saturated rings. The van der Waals surface area contributed by atoms with Crippen LogP contribution in [0.4, 0.5) is 5.82 Å². The van der Waals surface area contributed by atoms with Crippen LogP contribution in [0.15, 0.2) is 46.2 Å². The normalized spacial score (nSPS) is 11.2. The van der Waals surface area contributed by atoms with Crippen LogP contribution in [0.3, 0.4) is 0 Å². The van der Waals surface area contributed by atoms with E-state index in [2.05, 4.69) is 30.6 Å². The Balaban J connectivity index is 2.30. The van der Waals surface area contributed by atoms with Crippen molar-refractivity contribution in [2.75, 3.05) is 4.72 Å². The minimum Gasteiger partial charge on any atom is -0.263 e. The molecule has 0 radical (unpaired) electrons. The molecule has 0 aromatic carbocycles. The van der Waals surface area contributed by atoms with Gasteiger partial charge in [0, 0.05) is 23.1 Å². The minimum absolute atomic E-state index is 0.0826. The average Bonchev–Trinajstić information content (AvgIpc) is 2.32. The monoisotopic (exact) mass is 327 g/mol. The summed E-state index contributed by atoms with van der Waals surface area (Å²) in [7, 11) is -3.65. The summed E-state index contributed by atoms with van der Waals surface area (Å²) in [4.78, 5) is 7.89. The van der Waals surface area contributed by atoms with Crippen LogP contribution in [-0.2, 0) is 10.0 Å². The molecule has 94 valence electrons. The standard InChI is InChI=1S/C11H10BrN3O2S/c1-8-2-3-11(14-5-8)15-18(16,17)10-4-9(12)6-13-7-10/h2-7H,1H3,(H,14,15). The second kappa shape index (κ2) is 5.03. The molecular weight excluding hydrogens is 318 g/mol. The summed E-state index contributed by atoms with van der Waals surface area (Å²) >= 11 is 3.18. The zero-order valence-corrected chi connectivity index (χ0v) is 11.9. The maximum absolute atomic E-state index is 12.0. The van der Waals surface area contributed by atoms with Gasteiger partial charge in [-0.15, -0.1) is 0 Å². The zero-order chi connectivity index (χ0) is 13.2.